The van der Waals surface area contributed by atoms with Gasteiger partial charge in [0.05, 0.1) is 11.8 Å². The maximum absolute atomic E-state index is 9.57. The number of ether oxygens (including phenoxy) is 2. The van der Waals surface area contributed by atoms with Gasteiger partial charge >= 0.3 is 0 Å². The first-order valence-electron chi connectivity index (χ1n) is 3.82. The Hall–Kier alpha value is 0.420. The molecule has 0 unspecified atom stereocenters. The molecule has 0 aliphatic carbocycles. The molecule has 78 valence electrons. The van der Waals surface area contributed by atoms with E-state index in [-0.39, 0.29) is 11.8 Å². The molecule has 1 rings (SSSR count). The van der Waals surface area contributed by atoms with Crippen LogP contribution in [0.3, 0.4) is 0 Å². The van der Waals surface area contributed by atoms with Gasteiger partial charge in [-0.2, -0.15) is 0 Å². The predicted octanol–water partition coefficient (Wildman–Crippen LogP) is -0.0727. The van der Waals surface area contributed by atoms with Gasteiger partial charge in [-0.15, -0.1) is 23.2 Å². The molecule has 0 radical (unpaired) electrons. The molecule has 13 heavy (non-hydrogen) atoms. The molecule has 0 spiro atoms. The van der Waals surface area contributed by atoms with Crippen LogP contribution >= 0.6 is 23.2 Å². The fraction of sp³-hybridized carbons (Fsp3) is 1.00. The van der Waals surface area contributed by atoms with E-state index in [1.54, 1.807) is 0 Å². The standard InChI is InChI=1S/C7H12Cl2O4/c1-12-7(3-9)6(11)5(10)4(2-8)13-7/h4-6,10-11H,2-3H2,1H3/t4-,5-,6+,7-/m1/s1. The molecule has 6 heteroatoms. The summed E-state index contributed by atoms with van der Waals surface area (Å²) in [4.78, 5) is 0. The van der Waals surface area contributed by atoms with Gasteiger partial charge in [0.1, 0.15) is 18.3 Å². The Balaban J connectivity index is 2.79. The highest BCUT2D eigenvalue weighted by molar-refractivity contribution is 6.19. The summed E-state index contributed by atoms with van der Waals surface area (Å²) in [6.45, 7) is 0. The second-order valence-corrected chi connectivity index (χ2v) is 3.47. The molecule has 0 aromatic rings. The van der Waals surface area contributed by atoms with Crippen LogP contribution < -0.4 is 0 Å². The Morgan fingerprint density at radius 1 is 1.46 bits per heavy atom. The SMILES string of the molecule is CO[C@]1(CCl)O[C@H](CCl)[C@@H](O)[C@@H]1O. The first-order valence-corrected chi connectivity index (χ1v) is 4.89. The van der Waals surface area contributed by atoms with E-state index >= 15 is 0 Å². The monoisotopic (exact) mass is 230 g/mol. The van der Waals surface area contributed by atoms with Gasteiger partial charge in [-0.3, -0.25) is 0 Å². The van der Waals surface area contributed by atoms with Gasteiger partial charge in [0.15, 0.2) is 0 Å². The van der Waals surface area contributed by atoms with Crippen LogP contribution in [-0.2, 0) is 9.47 Å². The Kier molecular flexibility index (Phi) is 3.80. The fourth-order valence-corrected chi connectivity index (χ4v) is 1.89. The molecule has 0 aromatic carbocycles. The fourth-order valence-electron chi connectivity index (χ4n) is 1.32. The molecule has 4 atom stereocenters. The summed E-state index contributed by atoms with van der Waals surface area (Å²) >= 11 is 11.1. The van der Waals surface area contributed by atoms with E-state index in [0.717, 1.165) is 0 Å². The van der Waals surface area contributed by atoms with Crippen molar-refractivity contribution in [3.8, 4) is 0 Å². The maximum atomic E-state index is 9.57. The van der Waals surface area contributed by atoms with Gasteiger partial charge < -0.3 is 19.7 Å². The summed E-state index contributed by atoms with van der Waals surface area (Å²) in [5.41, 5.74) is 0. The molecule has 0 saturated carbocycles. The van der Waals surface area contributed by atoms with Crippen LogP contribution in [0.4, 0.5) is 0 Å². The van der Waals surface area contributed by atoms with Crippen LogP contribution in [0.2, 0.25) is 0 Å². The van der Waals surface area contributed by atoms with Crippen molar-refractivity contribution in [2.24, 2.45) is 0 Å². The second kappa shape index (κ2) is 4.29. The van der Waals surface area contributed by atoms with Crippen LogP contribution in [0.5, 0.6) is 0 Å². The van der Waals surface area contributed by atoms with Gasteiger partial charge in [-0.25, -0.2) is 0 Å². The van der Waals surface area contributed by atoms with Crippen LogP contribution in [0.25, 0.3) is 0 Å². The molecule has 1 fully saturated rings. The van der Waals surface area contributed by atoms with Crippen molar-refractivity contribution in [2.75, 3.05) is 18.9 Å². The molecule has 4 nitrogen and oxygen atoms in total. The summed E-state index contributed by atoms with van der Waals surface area (Å²) in [5, 5.41) is 19.0. The Labute approximate surface area is 86.3 Å². The third-order valence-electron chi connectivity index (χ3n) is 2.19. The van der Waals surface area contributed by atoms with Gasteiger partial charge in [0.25, 0.3) is 0 Å². The zero-order valence-electron chi connectivity index (χ0n) is 7.11. The average Bonchev–Trinajstić information content (AvgIpc) is 2.42. The summed E-state index contributed by atoms with van der Waals surface area (Å²) in [7, 11) is 1.36. The molecule has 0 bridgehead atoms. The molecule has 1 aliphatic heterocycles. The van der Waals surface area contributed by atoms with Crippen molar-refractivity contribution >= 4 is 23.2 Å². The Bertz CT molecular complexity index is 174. The number of alkyl halides is 2. The summed E-state index contributed by atoms with van der Waals surface area (Å²) in [6.07, 6.45) is -2.87. The average molecular weight is 231 g/mol. The second-order valence-electron chi connectivity index (χ2n) is 2.90. The molecule has 0 amide bonds. The lowest BCUT2D eigenvalue weighted by Gasteiger charge is -2.27. The van der Waals surface area contributed by atoms with Crippen LogP contribution in [-0.4, -0.2) is 53.2 Å². The normalized spacial score (nSPS) is 45.5. The van der Waals surface area contributed by atoms with Gasteiger partial charge in [-0.05, 0) is 0 Å². The van der Waals surface area contributed by atoms with E-state index in [4.69, 9.17) is 32.7 Å². The summed E-state index contributed by atoms with van der Waals surface area (Å²) in [6, 6.07) is 0. The van der Waals surface area contributed by atoms with Gasteiger partial charge in [0.2, 0.25) is 5.79 Å². The molecule has 1 saturated heterocycles. The number of rotatable bonds is 3. The van der Waals surface area contributed by atoms with E-state index in [2.05, 4.69) is 0 Å². The maximum Gasteiger partial charge on any atom is 0.211 e. The van der Waals surface area contributed by atoms with E-state index in [1.165, 1.54) is 7.11 Å². The topological polar surface area (TPSA) is 58.9 Å². The van der Waals surface area contributed by atoms with E-state index in [1.807, 2.05) is 0 Å². The van der Waals surface area contributed by atoms with Gasteiger partial charge in [0, 0.05) is 7.11 Å². The van der Waals surface area contributed by atoms with Crippen molar-refractivity contribution in [3.05, 3.63) is 0 Å². The minimum absolute atomic E-state index is 0.0604. The summed E-state index contributed by atoms with van der Waals surface area (Å²) in [5.74, 6) is -1.31. The molecule has 1 heterocycles. The van der Waals surface area contributed by atoms with Crippen molar-refractivity contribution in [1.82, 2.24) is 0 Å². The zero-order valence-corrected chi connectivity index (χ0v) is 8.62. The lowest BCUT2D eigenvalue weighted by Crippen LogP contribution is -2.46. The molecule has 2 N–H and O–H groups in total. The van der Waals surface area contributed by atoms with Crippen molar-refractivity contribution in [2.45, 2.75) is 24.1 Å². The Morgan fingerprint density at radius 2 is 2.08 bits per heavy atom. The number of methoxy groups -OCH3 is 1. The van der Waals surface area contributed by atoms with Gasteiger partial charge in [-0.1, -0.05) is 0 Å². The lowest BCUT2D eigenvalue weighted by molar-refractivity contribution is -0.227. The molecular formula is C7H12Cl2O4. The molecular weight excluding hydrogens is 219 g/mol. The number of hydrogen-bond acceptors (Lipinski definition) is 4. The van der Waals surface area contributed by atoms with E-state index in [9.17, 15) is 10.2 Å². The number of hydrogen-bond donors (Lipinski definition) is 2. The first kappa shape index (κ1) is 11.5. The third-order valence-corrected chi connectivity index (χ3v) is 2.87. The van der Waals surface area contributed by atoms with Crippen molar-refractivity contribution in [3.63, 3.8) is 0 Å². The highest BCUT2D eigenvalue weighted by atomic mass is 35.5. The van der Waals surface area contributed by atoms with Crippen LogP contribution in [0.15, 0.2) is 0 Å². The highest BCUT2D eigenvalue weighted by Gasteiger charge is 2.54. The predicted molar refractivity (Wildman–Crippen MR) is 48.1 cm³/mol. The quantitative estimate of drug-likeness (QED) is 0.667. The Morgan fingerprint density at radius 3 is 2.31 bits per heavy atom. The molecule has 1 aliphatic rings. The lowest BCUT2D eigenvalue weighted by atomic mass is 10.1. The zero-order chi connectivity index (χ0) is 10.1. The van der Waals surface area contributed by atoms with Crippen molar-refractivity contribution < 1.29 is 19.7 Å². The third kappa shape index (κ3) is 1.79. The largest absolute Gasteiger partial charge is 0.387 e. The smallest absolute Gasteiger partial charge is 0.211 e. The van der Waals surface area contributed by atoms with Crippen molar-refractivity contribution in [1.29, 1.82) is 0 Å². The highest BCUT2D eigenvalue weighted by Crippen LogP contribution is 2.33. The summed E-state index contributed by atoms with van der Waals surface area (Å²) < 4.78 is 10.2. The minimum Gasteiger partial charge on any atom is -0.387 e. The minimum atomic E-state index is -1.33. The van der Waals surface area contributed by atoms with E-state index in [0.29, 0.717) is 0 Å². The number of halogens is 2. The number of aliphatic hydroxyl groups excluding tert-OH is 2. The number of aliphatic hydroxyl groups is 2. The first-order chi connectivity index (χ1) is 6.11. The molecule has 0 aromatic heterocycles. The van der Waals surface area contributed by atoms with Crippen LogP contribution in [0.1, 0.15) is 0 Å². The van der Waals surface area contributed by atoms with Crippen LogP contribution in [0, 0.1) is 0 Å². The van der Waals surface area contributed by atoms with E-state index < -0.39 is 24.1 Å².